The van der Waals surface area contributed by atoms with Crippen LogP contribution in [0.1, 0.15) is 28.2 Å². The third-order valence-electron chi connectivity index (χ3n) is 4.06. The normalized spacial score (nSPS) is 11.5. The van der Waals surface area contributed by atoms with Crippen molar-refractivity contribution in [3.8, 4) is 0 Å². The molecule has 134 valence electrons. The van der Waals surface area contributed by atoms with Crippen LogP contribution in [0.25, 0.3) is 16.3 Å². The van der Waals surface area contributed by atoms with E-state index in [0.29, 0.717) is 26.1 Å². The molecule has 3 rings (SSSR count). The highest BCUT2D eigenvalue weighted by atomic mass is 35.5. The minimum absolute atomic E-state index is 0.0427. The molecule has 7 heteroatoms. The number of rotatable bonds is 5. The number of aryl methyl sites for hydroxylation is 2. The summed E-state index contributed by atoms with van der Waals surface area (Å²) in [4.78, 5) is 33.3. The van der Waals surface area contributed by atoms with Gasteiger partial charge in [0, 0.05) is 21.3 Å². The van der Waals surface area contributed by atoms with Gasteiger partial charge in [-0.1, -0.05) is 41.4 Å². The second-order valence-corrected chi connectivity index (χ2v) is 8.01. The van der Waals surface area contributed by atoms with Crippen LogP contribution in [0, 0.1) is 13.8 Å². The zero-order chi connectivity index (χ0) is 18.8. The smallest absolute Gasteiger partial charge is 0.259 e. The van der Waals surface area contributed by atoms with Crippen molar-refractivity contribution >= 4 is 56.6 Å². The van der Waals surface area contributed by atoms with E-state index < -0.39 is 0 Å². The first kappa shape index (κ1) is 18.8. The Bertz CT molecular complexity index is 1080. The zero-order valence-electron chi connectivity index (χ0n) is 14.2. The molecule has 0 radical (unpaired) electrons. The van der Waals surface area contributed by atoms with Crippen molar-refractivity contribution < 1.29 is 4.79 Å². The molecule has 1 N–H and O–H groups in total. The highest BCUT2D eigenvalue weighted by Gasteiger charge is 2.13. The van der Waals surface area contributed by atoms with Gasteiger partial charge in [-0.2, -0.15) is 0 Å². The van der Waals surface area contributed by atoms with Crippen LogP contribution >= 0.6 is 34.5 Å². The van der Waals surface area contributed by atoms with Crippen molar-refractivity contribution in [2.75, 3.05) is 0 Å². The van der Waals surface area contributed by atoms with Crippen LogP contribution in [0.5, 0.6) is 0 Å². The SMILES string of the molecule is Cc1sc2nc(CC(=O)CC=Cc3ccc(Cl)cc3Cl)[nH]c(=O)c2c1C. The number of aromatic nitrogens is 2. The maximum absolute atomic E-state index is 12.2. The summed E-state index contributed by atoms with van der Waals surface area (Å²) in [5.41, 5.74) is 1.55. The molecule has 0 spiro atoms. The first-order valence-corrected chi connectivity index (χ1v) is 9.54. The third kappa shape index (κ3) is 4.06. The molecule has 0 amide bonds. The number of Topliss-reactive ketones (excluding diaryl/α,β-unsaturated/α-hetero) is 1. The van der Waals surface area contributed by atoms with Crippen molar-refractivity contribution in [3.05, 3.63) is 66.5 Å². The van der Waals surface area contributed by atoms with Gasteiger partial charge in [0.1, 0.15) is 16.4 Å². The molecule has 0 aliphatic heterocycles. The quantitative estimate of drug-likeness (QED) is 0.638. The van der Waals surface area contributed by atoms with Crippen LogP contribution < -0.4 is 5.56 Å². The average molecular weight is 407 g/mol. The van der Waals surface area contributed by atoms with Gasteiger partial charge in [-0.15, -0.1) is 11.3 Å². The number of carbonyl (C=O) groups excluding carboxylic acids is 1. The van der Waals surface area contributed by atoms with E-state index in [1.165, 1.54) is 11.3 Å². The number of ketones is 1. The summed E-state index contributed by atoms with van der Waals surface area (Å²) in [5.74, 6) is 0.352. The minimum Gasteiger partial charge on any atom is -0.310 e. The van der Waals surface area contributed by atoms with Gasteiger partial charge in [-0.3, -0.25) is 9.59 Å². The van der Waals surface area contributed by atoms with E-state index in [2.05, 4.69) is 9.97 Å². The molecule has 0 aliphatic rings. The highest BCUT2D eigenvalue weighted by Crippen LogP contribution is 2.26. The molecule has 3 aromatic rings. The van der Waals surface area contributed by atoms with Crippen LogP contribution in [0.4, 0.5) is 0 Å². The number of aromatic amines is 1. The Morgan fingerprint density at radius 2 is 2.08 bits per heavy atom. The minimum atomic E-state index is -0.192. The van der Waals surface area contributed by atoms with Gasteiger partial charge in [0.05, 0.1) is 11.8 Å². The van der Waals surface area contributed by atoms with E-state index in [1.54, 1.807) is 30.4 Å². The molecule has 4 nitrogen and oxygen atoms in total. The number of carbonyl (C=O) groups is 1. The van der Waals surface area contributed by atoms with E-state index in [9.17, 15) is 9.59 Å². The molecule has 0 unspecified atom stereocenters. The first-order valence-electron chi connectivity index (χ1n) is 7.97. The Balaban J connectivity index is 1.71. The lowest BCUT2D eigenvalue weighted by Gasteiger charge is -2.00. The summed E-state index contributed by atoms with van der Waals surface area (Å²) in [5, 5.41) is 1.70. The summed E-state index contributed by atoms with van der Waals surface area (Å²) >= 11 is 13.4. The predicted octanol–water partition coefficient (Wildman–Crippen LogP) is 5.12. The second-order valence-electron chi connectivity index (χ2n) is 5.96. The Kier molecular flexibility index (Phi) is 5.61. The van der Waals surface area contributed by atoms with Gasteiger partial charge in [-0.05, 0) is 37.1 Å². The Labute approximate surface area is 164 Å². The van der Waals surface area contributed by atoms with Crippen LogP contribution in [-0.2, 0) is 11.2 Å². The van der Waals surface area contributed by atoms with E-state index in [4.69, 9.17) is 23.2 Å². The van der Waals surface area contributed by atoms with Gasteiger partial charge >= 0.3 is 0 Å². The highest BCUT2D eigenvalue weighted by molar-refractivity contribution is 7.18. The predicted molar refractivity (Wildman–Crippen MR) is 109 cm³/mol. The maximum atomic E-state index is 12.2. The van der Waals surface area contributed by atoms with Crippen molar-refractivity contribution in [3.63, 3.8) is 0 Å². The van der Waals surface area contributed by atoms with E-state index >= 15 is 0 Å². The molecule has 0 bridgehead atoms. The van der Waals surface area contributed by atoms with Crippen molar-refractivity contribution in [1.82, 2.24) is 9.97 Å². The number of hydrogen-bond acceptors (Lipinski definition) is 4. The number of nitrogens with zero attached hydrogens (tertiary/aromatic N) is 1. The van der Waals surface area contributed by atoms with Crippen LogP contribution in [0.3, 0.4) is 0 Å². The van der Waals surface area contributed by atoms with Gasteiger partial charge in [0.2, 0.25) is 0 Å². The van der Waals surface area contributed by atoms with Gasteiger partial charge in [0.25, 0.3) is 5.56 Å². The number of nitrogens with one attached hydrogen (secondary N) is 1. The summed E-state index contributed by atoms with van der Waals surface area (Å²) in [6.07, 6.45) is 3.83. The van der Waals surface area contributed by atoms with Crippen molar-refractivity contribution in [2.24, 2.45) is 0 Å². The maximum Gasteiger partial charge on any atom is 0.259 e. The zero-order valence-corrected chi connectivity index (χ0v) is 16.6. The van der Waals surface area contributed by atoms with Crippen LogP contribution in [0.15, 0.2) is 29.1 Å². The molecule has 0 fully saturated rings. The Morgan fingerprint density at radius 1 is 1.31 bits per heavy atom. The Morgan fingerprint density at radius 3 is 2.81 bits per heavy atom. The number of fused-ring (bicyclic) bond motifs is 1. The average Bonchev–Trinajstić information content (AvgIpc) is 2.84. The molecular weight excluding hydrogens is 391 g/mol. The summed E-state index contributed by atoms with van der Waals surface area (Å²) in [6, 6.07) is 5.18. The number of benzene rings is 1. The first-order chi connectivity index (χ1) is 12.3. The van der Waals surface area contributed by atoms with Gasteiger partial charge < -0.3 is 4.98 Å². The molecular formula is C19H16Cl2N2O2S. The molecule has 2 aromatic heterocycles. The third-order valence-corrected chi connectivity index (χ3v) is 5.72. The van der Waals surface area contributed by atoms with E-state index in [-0.39, 0.29) is 24.2 Å². The number of allylic oxidation sites excluding steroid dienone is 1. The lowest BCUT2D eigenvalue weighted by molar-refractivity contribution is -0.117. The topological polar surface area (TPSA) is 62.8 Å². The Hall–Kier alpha value is -1.95. The second kappa shape index (κ2) is 7.74. The van der Waals surface area contributed by atoms with Crippen molar-refractivity contribution in [2.45, 2.75) is 26.7 Å². The number of thiophene rings is 1. The summed E-state index contributed by atoms with van der Waals surface area (Å²) in [7, 11) is 0. The fraction of sp³-hybridized carbons (Fsp3) is 0.211. The molecule has 0 saturated heterocycles. The molecule has 1 aromatic carbocycles. The standard InChI is InChI=1S/C19H16Cl2N2O2S/c1-10-11(2)26-19-17(10)18(25)22-16(23-19)9-14(24)5-3-4-12-6-7-13(20)8-15(12)21/h3-4,6-8H,5,9H2,1-2H3,(H,22,23,25). The molecule has 0 aliphatic carbocycles. The van der Waals surface area contributed by atoms with Gasteiger partial charge in [-0.25, -0.2) is 4.98 Å². The largest absolute Gasteiger partial charge is 0.310 e. The van der Waals surface area contributed by atoms with Crippen LogP contribution in [-0.4, -0.2) is 15.8 Å². The molecule has 0 atom stereocenters. The van der Waals surface area contributed by atoms with E-state index in [1.807, 2.05) is 13.8 Å². The van der Waals surface area contributed by atoms with Crippen molar-refractivity contribution in [1.29, 1.82) is 0 Å². The van der Waals surface area contributed by atoms with Gasteiger partial charge in [0.15, 0.2) is 0 Å². The summed E-state index contributed by atoms with van der Waals surface area (Å²) in [6.45, 7) is 3.86. The van der Waals surface area contributed by atoms with E-state index in [0.717, 1.165) is 16.0 Å². The molecule has 2 heterocycles. The monoisotopic (exact) mass is 406 g/mol. The summed E-state index contributed by atoms with van der Waals surface area (Å²) < 4.78 is 0. The number of halogens is 2. The fourth-order valence-electron chi connectivity index (χ4n) is 2.60. The molecule has 26 heavy (non-hydrogen) atoms. The fourth-order valence-corrected chi connectivity index (χ4v) is 4.12. The number of hydrogen-bond donors (Lipinski definition) is 1. The van der Waals surface area contributed by atoms with Crippen LogP contribution in [0.2, 0.25) is 10.0 Å². The molecule has 0 saturated carbocycles. The lowest BCUT2D eigenvalue weighted by atomic mass is 10.1. The number of H-pyrrole nitrogens is 1. The lowest BCUT2D eigenvalue weighted by Crippen LogP contribution is -2.14.